The van der Waals surface area contributed by atoms with Crippen LogP contribution in [0.4, 0.5) is 10.5 Å². The minimum Gasteiger partial charge on any atom is -0.469 e. The number of rotatable bonds is 6. The van der Waals surface area contributed by atoms with Crippen LogP contribution in [0.25, 0.3) is 11.0 Å². The van der Waals surface area contributed by atoms with Crippen LogP contribution in [0.3, 0.4) is 0 Å². The number of imidazole rings is 1. The molecule has 1 heterocycles. The van der Waals surface area contributed by atoms with E-state index in [0.717, 1.165) is 28.1 Å². The lowest BCUT2D eigenvalue weighted by molar-refractivity contribution is -0.141. The van der Waals surface area contributed by atoms with Crippen LogP contribution in [-0.2, 0) is 16.1 Å². The zero-order valence-corrected chi connectivity index (χ0v) is 18.8. The molecule has 168 valence electrons. The molecule has 0 aliphatic rings. The van der Waals surface area contributed by atoms with Crippen molar-refractivity contribution in [2.45, 2.75) is 32.9 Å². The summed E-state index contributed by atoms with van der Waals surface area (Å²) < 4.78 is 4.63. The second-order valence-electron chi connectivity index (χ2n) is 7.25. The Labute approximate surface area is 190 Å². The van der Waals surface area contributed by atoms with Crippen molar-refractivity contribution in [1.82, 2.24) is 20.6 Å². The van der Waals surface area contributed by atoms with E-state index in [4.69, 9.17) is 11.6 Å². The smallest absolute Gasteiger partial charge is 0.321 e. The molecule has 32 heavy (non-hydrogen) atoms. The van der Waals surface area contributed by atoms with Crippen LogP contribution in [0.15, 0.2) is 47.5 Å². The molecule has 1 atom stereocenters. The van der Waals surface area contributed by atoms with Gasteiger partial charge in [-0.2, -0.15) is 0 Å². The predicted molar refractivity (Wildman–Crippen MR) is 125 cm³/mol. The third kappa shape index (κ3) is 6.71. The van der Waals surface area contributed by atoms with E-state index < -0.39 is 18.0 Å². The van der Waals surface area contributed by atoms with Gasteiger partial charge in [-0.15, -0.1) is 0 Å². The lowest BCUT2D eigenvalue weighted by atomic mass is 10.2. The molecule has 4 N–H and O–H groups in total. The highest BCUT2D eigenvalue weighted by Crippen LogP contribution is 2.17. The van der Waals surface area contributed by atoms with Gasteiger partial charge in [-0.1, -0.05) is 23.7 Å². The SMILES string of the molecule is COC(=O)C[C@H](C)NC(=O)NC(=NCc1ccc(Cl)cc1)Nc1ccc2nc(C)[nH]c2c1. The highest BCUT2D eigenvalue weighted by Gasteiger charge is 2.14. The fourth-order valence-electron chi connectivity index (χ4n) is 2.97. The predicted octanol–water partition coefficient (Wildman–Crippen LogP) is 3.74. The number of hydrogen-bond acceptors (Lipinski definition) is 5. The standard InChI is InChI=1S/C22H25ClN6O3/c1-13(10-20(30)32-3)25-22(31)29-21(24-12-15-4-6-16(23)7-5-15)28-17-8-9-18-19(11-17)27-14(2)26-18/h4-9,11,13H,10,12H2,1-3H3,(H,26,27)(H3,24,25,28,29,31)/t13-/m0/s1. The number of H-pyrrole nitrogens is 1. The summed E-state index contributed by atoms with van der Waals surface area (Å²) in [7, 11) is 1.30. The number of urea groups is 1. The van der Waals surface area contributed by atoms with E-state index in [-0.39, 0.29) is 12.4 Å². The molecule has 0 aliphatic carbocycles. The minimum atomic E-state index is -0.498. The molecule has 2 aromatic carbocycles. The zero-order valence-electron chi connectivity index (χ0n) is 18.0. The van der Waals surface area contributed by atoms with Gasteiger partial charge in [0.25, 0.3) is 0 Å². The number of halogens is 1. The fraction of sp³-hybridized carbons (Fsp3) is 0.273. The number of hydrogen-bond donors (Lipinski definition) is 4. The number of esters is 1. The summed E-state index contributed by atoms with van der Waals surface area (Å²) in [6, 6.07) is 12.0. The van der Waals surface area contributed by atoms with Crippen LogP contribution < -0.4 is 16.0 Å². The summed E-state index contributed by atoms with van der Waals surface area (Å²) in [4.78, 5) is 35.9. The van der Waals surface area contributed by atoms with E-state index in [2.05, 4.69) is 35.6 Å². The summed E-state index contributed by atoms with van der Waals surface area (Å²) in [6.45, 7) is 3.92. The first-order valence-corrected chi connectivity index (χ1v) is 10.4. The van der Waals surface area contributed by atoms with E-state index in [1.807, 2.05) is 37.3 Å². The van der Waals surface area contributed by atoms with Gasteiger partial charge in [-0.25, -0.2) is 14.8 Å². The summed E-state index contributed by atoms with van der Waals surface area (Å²) in [5.74, 6) is 0.653. The number of aliphatic imine (C=N–C) groups is 1. The molecule has 0 aliphatic heterocycles. The summed E-state index contributed by atoms with van der Waals surface area (Å²) in [5, 5.41) is 9.17. The maximum Gasteiger partial charge on any atom is 0.321 e. The molecule has 9 nitrogen and oxygen atoms in total. The lowest BCUT2D eigenvalue weighted by Gasteiger charge is -2.16. The van der Waals surface area contributed by atoms with Gasteiger partial charge in [0.1, 0.15) is 5.82 Å². The molecular formula is C22H25ClN6O3. The Morgan fingerprint density at radius 1 is 1.22 bits per heavy atom. The number of aromatic nitrogens is 2. The Bertz CT molecular complexity index is 1130. The molecule has 10 heteroatoms. The van der Waals surface area contributed by atoms with Gasteiger partial charge in [-0.3, -0.25) is 10.1 Å². The molecule has 0 spiro atoms. The molecule has 3 aromatic rings. The van der Waals surface area contributed by atoms with Gasteiger partial charge >= 0.3 is 12.0 Å². The van der Waals surface area contributed by atoms with E-state index in [1.54, 1.807) is 19.1 Å². The molecule has 0 saturated carbocycles. The minimum absolute atomic E-state index is 0.0600. The molecule has 2 amide bonds. The molecular weight excluding hydrogens is 432 g/mol. The molecule has 0 saturated heterocycles. The van der Waals surface area contributed by atoms with Gasteiger partial charge in [0.2, 0.25) is 5.96 Å². The molecule has 0 fully saturated rings. The highest BCUT2D eigenvalue weighted by atomic mass is 35.5. The quantitative estimate of drug-likeness (QED) is 0.256. The molecule has 0 radical (unpaired) electrons. The Morgan fingerprint density at radius 2 is 1.97 bits per heavy atom. The normalized spacial score (nSPS) is 12.3. The summed E-state index contributed by atoms with van der Waals surface area (Å²) in [5.41, 5.74) is 3.35. The number of carbonyl (C=O) groups is 2. The average molecular weight is 457 g/mol. The Kier molecular flexibility index (Phi) is 7.67. The lowest BCUT2D eigenvalue weighted by Crippen LogP contribution is -2.46. The summed E-state index contributed by atoms with van der Waals surface area (Å²) >= 11 is 5.94. The van der Waals surface area contributed by atoms with Gasteiger partial charge in [0.15, 0.2) is 0 Å². The van der Waals surface area contributed by atoms with Gasteiger partial charge in [-0.05, 0) is 49.7 Å². The highest BCUT2D eigenvalue weighted by molar-refractivity contribution is 6.30. The van der Waals surface area contributed by atoms with E-state index in [9.17, 15) is 9.59 Å². The number of nitrogens with zero attached hydrogens (tertiary/aromatic N) is 2. The van der Waals surface area contributed by atoms with Crippen LogP contribution in [0, 0.1) is 6.92 Å². The number of methoxy groups -OCH3 is 1. The van der Waals surface area contributed by atoms with Crippen molar-refractivity contribution in [2.24, 2.45) is 4.99 Å². The maximum absolute atomic E-state index is 12.5. The van der Waals surface area contributed by atoms with Gasteiger partial charge < -0.3 is 20.4 Å². The Hall–Kier alpha value is -3.59. The second-order valence-corrected chi connectivity index (χ2v) is 7.69. The maximum atomic E-state index is 12.5. The largest absolute Gasteiger partial charge is 0.469 e. The van der Waals surface area contributed by atoms with Gasteiger partial charge in [0, 0.05) is 16.8 Å². The number of ether oxygens (including phenoxy) is 1. The van der Waals surface area contributed by atoms with Crippen molar-refractivity contribution < 1.29 is 14.3 Å². The van der Waals surface area contributed by atoms with Crippen molar-refractivity contribution in [3.05, 3.63) is 58.9 Å². The first-order chi connectivity index (χ1) is 15.3. The van der Waals surface area contributed by atoms with Crippen LogP contribution in [0.2, 0.25) is 5.02 Å². The summed E-state index contributed by atoms with van der Waals surface area (Å²) in [6.07, 6.45) is 0.0600. The topological polar surface area (TPSA) is 120 Å². The second kappa shape index (κ2) is 10.6. The number of guanidine groups is 1. The number of carbonyl (C=O) groups excluding carboxylic acids is 2. The number of nitrogens with one attached hydrogen (secondary N) is 4. The van der Waals surface area contributed by atoms with Gasteiger partial charge in [0.05, 0.1) is 31.1 Å². The van der Waals surface area contributed by atoms with Crippen molar-refractivity contribution in [3.8, 4) is 0 Å². The van der Waals surface area contributed by atoms with Crippen molar-refractivity contribution in [2.75, 3.05) is 12.4 Å². The van der Waals surface area contributed by atoms with Crippen LogP contribution >= 0.6 is 11.6 Å². The number of aromatic amines is 1. The molecule has 0 bridgehead atoms. The Balaban J connectivity index is 1.74. The molecule has 0 unspecified atom stereocenters. The Morgan fingerprint density at radius 3 is 2.69 bits per heavy atom. The van der Waals surface area contributed by atoms with Crippen molar-refractivity contribution in [3.63, 3.8) is 0 Å². The first kappa shape index (κ1) is 23.1. The van der Waals surface area contributed by atoms with E-state index >= 15 is 0 Å². The number of anilines is 1. The molecule has 3 rings (SSSR count). The van der Waals surface area contributed by atoms with Crippen LogP contribution in [0.5, 0.6) is 0 Å². The monoisotopic (exact) mass is 456 g/mol. The first-order valence-electron chi connectivity index (χ1n) is 9.99. The zero-order chi connectivity index (χ0) is 23.1. The van der Waals surface area contributed by atoms with Crippen LogP contribution in [-0.4, -0.2) is 41.1 Å². The fourth-order valence-corrected chi connectivity index (χ4v) is 3.10. The third-order valence-corrected chi connectivity index (χ3v) is 4.76. The number of fused-ring (bicyclic) bond motifs is 1. The number of benzene rings is 2. The molecule has 1 aromatic heterocycles. The van der Waals surface area contributed by atoms with Crippen molar-refractivity contribution in [1.29, 1.82) is 0 Å². The number of aryl methyl sites for hydroxylation is 1. The van der Waals surface area contributed by atoms with E-state index in [0.29, 0.717) is 11.6 Å². The van der Waals surface area contributed by atoms with Crippen molar-refractivity contribution >= 4 is 46.3 Å². The average Bonchev–Trinajstić information content (AvgIpc) is 3.12. The number of amides is 2. The third-order valence-electron chi connectivity index (χ3n) is 4.51. The van der Waals surface area contributed by atoms with Crippen LogP contribution in [0.1, 0.15) is 24.7 Å². The van der Waals surface area contributed by atoms with E-state index in [1.165, 1.54) is 7.11 Å².